The summed E-state index contributed by atoms with van der Waals surface area (Å²) in [4.78, 5) is 37.9. The average Bonchev–Trinajstić information content (AvgIpc) is 3.18. The zero-order valence-electron chi connectivity index (χ0n) is 20.4. The van der Waals surface area contributed by atoms with Crippen molar-refractivity contribution in [3.8, 4) is 11.5 Å². The van der Waals surface area contributed by atoms with Crippen LogP contribution in [0, 0.1) is 0 Å². The van der Waals surface area contributed by atoms with E-state index in [0.29, 0.717) is 24.3 Å². The van der Waals surface area contributed by atoms with Gasteiger partial charge in [-0.2, -0.15) is 0 Å². The number of likely N-dealkylation sites (tertiary alicyclic amines) is 1. The number of methoxy groups -OCH3 is 1. The van der Waals surface area contributed by atoms with Crippen molar-refractivity contribution in [2.45, 2.75) is 67.9 Å². The molecule has 0 radical (unpaired) electrons. The van der Waals surface area contributed by atoms with Gasteiger partial charge in [0.1, 0.15) is 11.8 Å². The number of carboxylic acids is 1. The Morgan fingerprint density at radius 3 is 2.78 bits per heavy atom. The topological polar surface area (TPSA) is 158 Å². The Bertz CT molecular complexity index is 1170. The van der Waals surface area contributed by atoms with Gasteiger partial charge in [-0.1, -0.05) is 6.07 Å². The predicted octanol–water partition coefficient (Wildman–Crippen LogP) is 0.250. The molecule has 4 aliphatic rings. The summed E-state index contributed by atoms with van der Waals surface area (Å²) in [6.45, 7) is 2.06. The van der Waals surface area contributed by atoms with Gasteiger partial charge in [-0.05, 0) is 51.1 Å². The first-order valence-electron chi connectivity index (χ1n) is 11.9. The highest BCUT2D eigenvalue weighted by Crippen LogP contribution is 2.65. The normalized spacial score (nSPS) is 31.3. The number of aliphatic hydroxyl groups is 1. The summed E-state index contributed by atoms with van der Waals surface area (Å²) in [6.07, 6.45) is 0.512. The molecule has 1 fully saturated rings. The number of benzene rings is 1. The highest BCUT2D eigenvalue weighted by Gasteiger charge is 2.72. The smallest absolute Gasteiger partial charge is 0.352 e. The van der Waals surface area contributed by atoms with E-state index in [1.807, 2.05) is 19.2 Å². The molecule has 11 nitrogen and oxygen atoms in total. The van der Waals surface area contributed by atoms with Crippen LogP contribution in [0.25, 0.3) is 0 Å². The molecule has 194 valence electrons. The van der Waals surface area contributed by atoms with Crippen LogP contribution in [0.5, 0.6) is 11.5 Å². The molecule has 1 aromatic carbocycles. The Kier molecular flexibility index (Phi) is 5.77. The Hall–Kier alpha value is -3.15. The predicted molar refractivity (Wildman–Crippen MR) is 123 cm³/mol. The first kappa shape index (κ1) is 24.5. The number of aliphatic carboxylic acids is 1. The van der Waals surface area contributed by atoms with E-state index in [9.17, 15) is 19.5 Å². The van der Waals surface area contributed by atoms with Crippen LogP contribution in [-0.4, -0.2) is 83.6 Å². The van der Waals surface area contributed by atoms with Crippen molar-refractivity contribution in [1.82, 2.24) is 4.90 Å². The molecule has 2 aliphatic heterocycles. The number of rotatable bonds is 7. The molecule has 1 aromatic rings. The van der Waals surface area contributed by atoms with Crippen molar-refractivity contribution < 1.29 is 43.5 Å². The summed E-state index contributed by atoms with van der Waals surface area (Å²) >= 11 is 0. The summed E-state index contributed by atoms with van der Waals surface area (Å²) in [5.41, 5.74) is 5.36. The number of hydrogen-bond acceptors (Lipinski definition) is 10. The second-order valence-corrected chi connectivity index (χ2v) is 9.99. The summed E-state index contributed by atoms with van der Waals surface area (Å²) in [6, 6.07) is 2.28. The highest BCUT2D eigenvalue weighted by atomic mass is 16.6. The van der Waals surface area contributed by atoms with Crippen LogP contribution >= 0.6 is 0 Å². The minimum Gasteiger partial charge on any atom is -0.493 e. The average molecular weight is 503 g/mol. The lowest BCUT2D eigenvalue weighted by molar-refractivity contribution is -0.175. The fourth-order valence-electron chi connectivity index (χ4n) is 6.35. The highest BCUT2D eigenvalue weighted by molar-refractivity contribution is 5.84. The Morgan fingerprint density at radius 2 is 2.08 bits per heavy atom. The molecule has 11 heteroatoms. The van der Waals surface area contributed by atoms with Gasteiger partial charge in [0.15, 0.2) is 23.7 Å². The van der Waals surface area contributed by atoms with Gasteiger partial charge in [-0.15, -0.1) is 0 Å². The number of carbonyl (C=O) groups excluding carboxylic acids is 2. The molecule has 36 heavy (non-hydrogen) atoms. The lowest BCUT2D eigenvalue weighted by Gasteiger charge is -2.61. The minimum atomic E-state index is -1.43. The standard InChI is InChI=1S/C25H30N2O9/c1-12(34-18(28)11-14(26)22(29)30)23(31)35-16-6-7-25(32)17-10-13-4-5-15(33-3)20-19(13)24(25,21(16)36-20)8-9-27(17)2/h4-6,12,14,17,21,32H,7-11,26H2,1-3H3,(H,29,30)/t12?,14?,17-,21+,24+,25-/m1/s1. The van der Waals surface area contributed by atoms with E-state index in [4.69, 9.17) is 29.8 Å². The third-order valence-corrected chi connectivity index (χ3v) is 8.12. The van der Waals surface area contributed by atoms with Crippen molar-refractivity contribution in [1.29, 1.82) is 0 Å². The Labute approximate surface area is 207 Å². The molecule has 2 unspecified atom stereocenters. The number of nitrogens with two attached hydrogens (primary N) is 1. The molecule has 1 spiro atoms. The van der Waals surface area contributed by atoms with Crippen molar-refractivity contribution in [3.63, 3.8) is 0 Å². The fourth-order valence-corrected chi connectivity index (χ4v) is 6.35. The van der Waals surface area contributed by atoms with E-state index < -0.39 is 53.6 Å². The fraction of sp³-hybridized carbons (Fsp3) is 0.560. The van der Waals surface area contributed by atoms with Crippen molar-refractivity contribution in [2.24, 2.45) is 5.73 Å². The lowest BCUT2D eigenvalue weighted by atomic mass is 9.50. The van der Waals surface area contributed by atoms with Gasteiger partial charge < -0.3 is 39.8 Å². The largest absolute Gasteiger partial charge is 0.493 e. The SMILES string of the molecule is COc1ccc2c3c1O[C@H]1C(OC(=O)C(C)OC(=O)CC(N)C(=O)O)=CC[C@@]4(O)[C@@H](C2)N(C)CC[C@]314. The molecular weight excluding hydrogens is 472 g/mol. The van der Waals surface area contributed by atoms with E-state index in [2.05, 4.69) is 4.90 Å². The van der Waals surface area contributed by atoms with Gasteiger partial charge in [0.25, 0.3) is 0 Å². The van der Waals surface area contributed by atoms with Crippen LogP contribution in [-0.2, 0) is 35.7 Å². The van der Waals surface area contributed by atoms with Crippen LogP contribution < -0.4 is 15.2 Å². The summed E-state index contributed by atoms with van der Waals surface area (Å²) in [5.74, 6) is -1.79. The third kappa shape index (κ3) is 3.33. The lowest BCUT2D eigenvalue weighted by Crippen LogP contribution is -2.74. The first-order valence-corrected chi connectivity index (χ1v) is 11.9. The van der Waals surface area contributed by atoms with Gasteiger partial charge in [0.2, 0.25) is 0 Å². The number of nitrogens with zero attached hydrogens (tertiary/aromatic N) is 1. The first-order chi connectivity index (χ1) is 17.0. The minimum absolute atomic E-state index is 0.143. The molecule has 2 aliphatic carbocycles. The zero-order chi connectivity index (χ0) is 26.0. The van der Waals surface area contributed by atoms with E-state index >= 15 is 0 Å². The van der Waals surface area contributed by atoms with E-state index in [1.54, 1.807) is 13.2 Å². The van der Waals surface area contributed by atoms with Gasteiger partial charge in [0.05, 0.1) is 24.5 Å². The molecule has 0 amide bonds. The summed E-state index contributed by atoms with van der Waals surface area (Å²) in [7, 11) is 3.55. The Balaban J connectivity index is 1.44. The Morgan fingerprint density at radius 1 is 1.33 bits per heavy atom. The van der Waals surface area contributed by atoms with E-state index in [1.165, 1.54) is 6.92 Å². The number of esters is 2. The third-order valence-electron chi connectivity index (χ3n) is 8.12. The van der Waals surface area contributed by atoms with Gasteiger partial charge in [0, 0.05) is 18.0 Å². The second kappa shape index (κ2) is 8.46. The van der Waals surface area contributed by atoms with Gasteiger partial charge in [-0.25, -0.2) is 4.79 Å². The number of ether oxygens (including phenoxy) is 4. The number of piperidine rings is 1. The maximum atomic E-state index is 12.9. The number of carboxylic acid groups (broad SMARTS) is 1. The summed E-state index contributed by atoms with van der Waals surface area (Å²) in [5, 5.41) is 21.0. The molecule has 6 atom stereocenters. The second-order valence-electron chi connectivity index (χ2n) is 9.99. The monoisotopic (exact) mass is 502 g/mol. The molecule has 5 rings (SSSR count). The van der Waals surface area contributed by atoms with Crippen LogP contribution in [0.1, 0.15) is 37.3 Å². The van der Waals surface area contributed by atoms with Crippen LogP contribution in [0.2, 0.25) is 0 Å². The van der Waals surface area contributed by atoms with Crippen molar-refractivity contribution in [3.05, 3.63) is 35.1 Å². The van der Waals surface area contributed by atoms with Crippen molar-refractivity contribution in [2.75, 3.05) is 20.7 Å². The van der Waals surface area contributed by atoms with Gasteiger partial charge >= 0.3 is 17.9 Å². The van der Waals surface area contributed by atoms with Crippen LogP contribution in [0.15, 0.2) is 24.0 Å². The van der Waals surface area contributed by atoms with Crippen LogP contribution in [0.4, 0.5) is 0 Å². The maximum absolute atomic E-state index is 12.9. The quantitative estimate of drug-likeness (QED) is 0.439. The molecule has 0 saturated carbocycles. The summed E-state index contributed by atoms with van der Waals surface area (Å²) < 4.78 is 22.7. The molecule has 4 N–H and O–H groups in total. The molecule has 0 aromatic heterocycles. The maximum Gasteiger partial charge on any atom is 0.352 e. The van der Waals surface area contributed by atoms with Crippen LogP contribution in [0.3, 0.4) is 0 Å². The zero-order valence-corrected chi connectivity index (χ0v) is 20.4. The van der Waals surface area contributed by atoms with E-state index in [-0.39, 0.29) is 18.2 Å². The van der Waals surface area contributed by atoms with Gasteiger partial charge in [-0.3, -0.25) is 9.59 Å². The van der Waals surface area contributed by atoms with Crippen molar-refractivity contribution >= 4 is 17.9 Å². The molecule has 1 saturated heterocycles. The molecular formula is C25H30N2O9. The molecule has 2 bridgehead atoms. The number of carbonyl (C=O) groups is 3. The van der Waals surface area contributed by atoms with E-state index in [0.717, 1.165) is 17.7 Å². The number of hydrogen-bond donors (Lipinski definition) is 3. The molecule has 2 heterocycles. The number of likely N-dealkylation sites (N-methyl/N-ethyl adjacent to an activating group) is 1.